The Hall–Kier alpha value is -3.50. The number of rotatable bonds is 11. The molecule has 3 aliphatic heterocycles. The molecule has 1 atom stereocenters. The van der Waals surface area contributed by atoms with Crippen LogP contribution in [0.2, 0.25) is 0 Å². The summed E-state index contributed by atoms with van der Waals surface area (Å²) in [7, 11) is 2.16. The molecule has 8 rings (SSSR count). The van der Waals surface area contributed by atoms with Crippen LogP contribution in [-0.4, -0.2) is 109 Å². The van der Waals surface area contributed by atoms with Gasteiger partial charge in [-0.3, -0.25) is 0 Å². The lowest BCUT2D eigenvalue weighted by Crippen LogP contribution is -2.36. The van der Waals surface area contributed by atoms with E-state index >= 15 is 0 Å². The molecule has 9 nitrogen and oxygen atoms in total. The molecule has 3 saturated heterocycles. The van der Waals surface area contributed by atoms with Gasteiger partial charge in [-0.15, -0.1) is 22.7 Å². The summed E-state index contributed by atoms with van der Waals surface area (Å²) in [5, 5.41) is 6.63. The maximum Gasteiger partial charge on any atom is 0.226 e. The third-order valence-electron chi connectivity index (χ3n) is 10.7. The molecule has 0 radical (unpaired) electrons. The van der Waals surface area contributed by atoms with Crippen molar-refractivity contribution in [2.75, 3.05) is 84.2 Å². The number of ether oxygens (including phenoxy) is 2. The molecule has 11 heteroatoms. The van der Waals surface area contributed by atoms with Gasteiger partial charge in [0.2, 0.25) is 5.95 Å². The van der Waals surface area contributed by atoms with Gasteiger partial charge in [-0.25, -0.2) is 19.9 Å². The van der Waals surface area contributed by atoms with Gasteiger partial charge in [0.25, 0.3) is 0 Å². The molecule has 5 aromatic rings. The lowest BCUT2D eigenvalue weighted by Gasteiger charge is -2.32. The fourth-order valence-corrected chi connectivity index (χ4v) is 9.52. The van der Waals surface area contributed by atoms with Gasteiger partial charge in [-0.2, -0.15) is 0 Å². The fraction of sp³-hybridized carbons (Fsp3) is 0.524. The fourth-order valence-electron chi connectivity index (χ4n) is 7.54. The first-order chi connectivity index (χ1) is 26.0. The smallest absolute Gasteiger partial charge is 0.226 e. The van der Waals surface area contributed by atoms with Gasteiger partial charge in [-0.1, -0.05) is 50.1 Å². The van der Waals surface area contributed by atoms with Crippen LogP contribution in [0.25, 0.3) is 31.6 Å². The van der Waals surface area contributed by atoms with Crippen molar-refractivity contribution in [2.45, 2.75) is 51.9 Å². The summed E-state index contributed by atoms with van der Waals surface area (Å²) in [6, 6.07) is 10.3. The van der Waals surface area contributed by atoms with E-state index in [4.69, 9.17) is 14.5 Å². The van der Waals surface area contributed by atoms with Crippen molar-refractivity contribution >= 4 is 49.1 Å². The summed E-state index contributed by atoms with van der Waals surface area (Å²) in [6.45, 7) is 15.5. The molecule has 0 N–H and O–H groups in total. The Labute approximate surface area is 322 Å². The van der Waals surface area contributed by atoms with E-state index in [1.54, 1.807) is 29.0 Å². The number of aromatic nitrogens is 4. The van der Waals surface area contributed by atoms with Crippen LogP contribution >= 0.6 is 22.7 Å². The molecule has 0 spiro atoms. The molecule has 53 heavy (non-hydrogen) atoms. The van der Waals surface area contributed by atoms with E-state index < -0.39 is 0 Å². The quantitative estimate of drug-likeness (QED) is 0.0992. The number of nitrogens with zero attached hydrogens (tertiary/aromatic N) is 7. The first kappa shape index (κ1) is 37.8. The average molecular weight is 752 g/mol. The molecule has 3 fully saturated rings. The molecule has 3 aliphatic rings. The number of hydrogen-bond acceptors (Lipinski definition) is 11. The maximum atomic E-state index is 5.97. The van der Waals surface area contributed by atoms with E-state index in [-0.39, 0.29) is 0 Å². The van der Waals surface area contributed by atoms with Crippen LogP contribution in [0.4, 0.5) is 5.95 Å². The molecule has 280 valence electrons. The summed E-state index contributed by atoms with van der Waals surface area (Å²) in [5.41, 5.74) is 4.45. The van der Waals surface area contributed by atoms with Crippen LogP contribution in [0.15, 0.2) is 53.6 Å². The summed E-state index contributed by atoms with van der Waals surface area (Å²) in [4.78, 5) is 27.6. The highest BCUT2D eigenvalue weighted by atomic mass is 32.1. The topological polar surface area (TPSA) is 79.7 Å². The van der Waals surface area contributed by atoms with E-state index in [9.17, 15) is 0 Å². The number of likely N-dealkylation sites (tertiary alicyclic amines) is 2. The zero-order chi connectivity index (χ0) is 36.4. The van der Waals surface area contributed by atoms with Crippen LogP contribution in [0, 0.1) is 23.7 Å². The van der Waals surface area contributed by atoms with Gasteiger partial charge in [0.05, 0.1) is 18.6 Å². The van der Waals surface area contributed by atoms with Crippen LogP contribution in [0.5, 0.6) is 0 Å². The number of benzene rings is 1. The zero-order valence-corrected chi connectivity index (χ0v) is 33.1. The van der Waals surface area contributed by atoms with E-state index in [0.29, 0.717) is 24.4 Å². The number of thiophene rings is 2. The second-order valence-electron chi connectivity index (χ2n) is 14.9. The standard InChI is InChI=1S/C21H32N4OS.C21H21N3OS/c1-16(2)19-15-27-20-18(19)13-22-21(23-20)25-9-5-17(6-10-25)14-26-12-11-24-7-3-4-8-24;1-24-10-9-16(12-24)13-25-11-5-8-19-20-18(17-6-3-2-4-7-17)14-26-21(20)23-15-22-19/h13,15-17H,3-12,14H2,1-2H3;2-4,6-7,14-16H,9-13H2,1H3. The number of hydrogen-bond donors (Lipinski definition) is 0. The number of piperidine rings is 1. The van der Waals surface area contributed by atoms with Gasteiger partial charge in [0.1, 0.15) is 28.3 Å². The highest BCUT2D eigenvalue weighted by Gasteiger charge is 2.23. The molecule has 1 unspecified atom stereocenters. The first-order valence-corrected chi connectivity index (χ1v) is 21.1. The van der Waals surface area contributed by atoms with E-state index in [2.05, 4.69) is 85.3 Å². The minimum atomic E-state index is 0.441. The van der Waals surface area contributed by atoms with Crippen LogP contribution in [0.3, 0.4) is 0 Å². The Balaban J connectivity index is 0.000000164. The molecular weight excluding hydrogens is 699 g/mol. The normalized spacial score (nSPS) is 18.5. The average Bonchev–Trinajstić information content (AvgIpc) is 4.02. The highest BCUT2D eigenvalue weighted by molar-refractivity contribution is 7.17. The van der Waals surface area contributed by atoms with Crippen molar-refractivity contribution in [1.82, 2.24) is 29.7 Å². The Morgan fingerprint density at radius 1 is 0.868 bits per heavy atom. The van der Waals surface area contributed by atoms with Crippen LogP contribution < -0.4 is 4.90 Å². The van der Waals surface area contributed by atoms with Crippen LogP contribution in [0.1, 0.15) is 63.1 Å². The predicted molar refractivity (Wildman–Crippen MR) is 219 cm³/mol. The Bertz CT molecular complexity index is 1960. The molecule has 0 aliphatic carbocycles. The van der Waals surface area contributed by atoms with Crippen molar-refractivity contribution < 1.29 is 9.47 Å². The zero-order valence-electron chi connectivity index (χ0n) is 31.5. The van der Waals surface area contributed by atoms with Crippen LogP contribution in [-0.2, 0) is 9.47 Å². The molecule has 4 aromatic heterocycles. The largest absolute Gasteiger partial charge is 0.380 e. The molecule has 1 aromatic carbocycles. The molecule has 0 saturated carbocycles. The second kappa shape index (κ2) is 18.7. The minimum Gasteiger partial charge on any atom is -0.380 e. The SMILES string of the molecule is CC(C)c1csc2nc(N3CCC(COCCN4CCCC4)CC3)ncc12.CN1CCC(COCC#Cc2ncnc3scc(-c4ccccc4)c23)C1. The third-order valence-corrected chi connectivity index (χ3v) is 12.4. The van der Waals surface area contributed by atoms with Crippen molar-refractivity contribution in [3.05, 3.63) is 64.9 Å². The van der Waals surface area contributed by atoms with Crippen molar-refractivity contribution in [2.24, 2.45) is 11.8 Å². The van der Waals surface area contributed by atoms with Crippen molar-refractivity contribution in [1.29, 1.82) is 0 Å². The number of anilines is 1. The Morgan fingerprint density at radius 3 is 2.42 bits per heavy atom. The molecule has 7 heterocycles. The molecule has 0 bridgehead atoms. The Kier molecular flexibility index (Phi) is 13.3. The summed E-state index contributed by atoms with van der Waals surface area (Å²) in [6.07, 6.45) is 9.89. The third kappa shape index (κ3) is 9.98. The highest BCUT2D eigenvalue weighted by Crippen LogP contribution is 2.34. The summed E-state index contributed by atoms with van der Waals surface area (Å²) in [5.74, 6) is 9.05. The Morgan fingerprint density at radius 2 is 1.64 bits per heavy atom. The van der Waals surface area contributed by atoms with E-state index in [1.165, 1.54) is 68.3 Å². The van der Waals surface area contributed by atoms with Gasteiger partial charge >= 0.3 is 0 Å². The van der Waals surface area contributed by atoms with Gasteiger partial charge in [0.15, 0.2) is 0 Å². The van der Waals surface area contributed by atoms with E-state index in [0.717, 1.165) is 78.3 Å². The minimum absolute atomic E-state index is 0.441. The summed E-state index contributed by atoms with van der Waals surface area (Å²) < 4.78 is 11.7. The van der Waals surface area contributed by atoms with Gasteiger partial charge in [-0.05, 0) is 99.0 Å². The van der Waals surface area contributed by atoms with Gasteiger partial charge in [0, 0.05) is 55.3 Å². The first-order valence-electron chi connectivity index (χ1n) is 19.3. The predicted octanol–water partition coefficient (Wildman–Crippen LogP) is 7.82. The maximum absolute atomic E-state index is 5.97. The second-order valence-corrected chi connectivity index (χ2v) is 16.7. The summed E-state index contributed by atoms with van der Waals surface area (Å²) >= 11 is 3.37. The molecule has 0 amide bonds. The van der Waals surface area contributed by atoms with E-state index in [1.807, 2.05) is 24.4 Å². The number of fused-ring (bicyclic) bond motifs is 2. The van der Waals surface area contributed by atoms with Crippen molar-refractivity contribution in [3.8, 4) is 23.0 Å². The molecular formula is C42H53N7O2S2. The lowest BCUT2D eigenvalue weighted by atomic mass is 9.98. The lowest BCUT2D eigenvalue weighted by molar-refractivity contribution is 0.0752. The van der Waals surface area contributed by atoms with Crippen molar-refractivity contribution in [3.63, 3.8) is 0 Å². The monoisotopic (exact) mass is 751 g/mol. The van der Waals surface area contributed by atoms with Gasteiger partial charge < -0.3 is 24.2 Å².